The van der Waals surface area contributed by atoms with Crippen molar-refractivity contribution in [3.63, 3.8) is 0 Å². The third-order valence-corrected chi connectivity index (χ3v) is 3.78. The van der Waals surface area contributed by atoms with Gasteiger partial charge in [-0.05, 0) is 33.1 Å². The Bertz CT molecular complexity index is 301. The zero-order valence-corrected chi connectivity index (χ0v) is 13.5. The zero-order chi connectivity index (χ0) is 15.7. The highest BCUT2D eigenvalue weighted by atomic mass is 16.4. The first kappa shape index (κ1) is 18.7. The second-order valence-electron chi connectivity index (χ2n) is 5.60. The number of nitrogens with one attached hydrogen (secondary N) is 1. The van der Waals surface area contributed by atoms with Crippen LogP contribution in [0.2, 0.25) is 0 Å². The van der Waals surface area contributed by atoms with Crippen molar-refractivity contribution in [2.24, 2.45) is 5.92 Å². The Balaban J connectivity index is 4.45. The van der Waals surface area contributed by atoms with Crippen LogP contribution in [0.15, 0.2) is 0 Å². The van der Waals surface area contributed by atoms with E-state index in [0.29, 0.717) is 18.9 Å². The van der Waals surface area contributed by atoms with Crippen LogP contribution < -0.4 is 5.32 Å². The first-order valence-electron chi connectivity index (χ1n) is 7.62. The molecule has 0 aromatic heterocycles. The molecule has 0 aliphatic heterocycles. The van der Waals surface area contributed by atoms with Crippen LogP contribution in [-0.2, 0) is 4.79 Å². The van der Waals surface area contributed by atoms with Gasteiger partial charge in [0.25, 0.3) is 0 Å². The molecular formula is C15H30N2O3. The molecule has 0 rings (SSSR count). The molecule has 2 N–H and O–H groups in total. The lowest BCUT2D eigenvalue weighted by atomic mass is 9.96. The molecule has 118 valence electrons. The Kier molecular flexibility index (Phi) is 9.01. The second kappa shape index (κ2) is 9.61. The number of urea groups is 1. The van der Waals surface area contributed by atoms with Crippen molar-refractivity contribution in [3.8, 4) is 0 Å². The Labute approximate surface area is 122 Å². The summed E-state index contributed by atoms with van der Waals surface area (Å²) < 4.78 is 0. The molecule has 0 spiro atoms. The van der Waals surface area contributed by atoms with Crippen LogP contribution in [-0.4, -0.2) is 40.6 Å². The number of carboxylic acids is 1. The first-order chi connectivity index (χ1) is 9.33. The normalized spacial score (nSPS) is 12.6. The molecule has 0 aromatic rings. The number of hydrogen-bond acceptors (Lipinski definition) is 2. The van der Waals surface area contributed by atoms with E-state index in [-0.39, 0.29) is 24.5 Å². The average molecular weight is 286 g/mol. The summed E-state index contributed by atoms with van der Waals surface area (Å²) in [5, 5.41) is 11.7. The molecule has 0 aliphatic carbocycles. The predicted octanol–water partition coefficient (Wildman–Crippen LogP) is 3.10. The maximum absolute atomic E-state index is 12.3. The number of carbonyl (C=O) groups excluding carboxylic acids is 1. The van der Waals surface area contributed by atoms with Gasteiger partial charge in [-0.2, -0.15) is 0 Å². The number of amides is 2. The van der Waals surface area contributed by atoms with Crippen LogP contribution in [0.5, 0.6) is 0 Å². The van der Waals surface area contributed by atoms with Gasteiger partial charge in [0.05, 0.1) is 0 Å². The van der Waals surface area contributed by atoms with Crippen molar-refractivity contribution < 1.29 is 14.7 Å². The Morgan fingerprint density at radius 3 is 2.10 bits per heavy atom. The first-order valence-corrected chi connectivity index (χ1v) is 7.62. The van der Waals surface area contributed by atoms with Crippen LogP contribution in [0.4, 0.5) is 4.79 Å². The fraction of sp³-hybridized carbons (Fsp3) is 0.867. The summed E-state index contributed by atoms with van der Waals surface area (Å²) in [5.74, 6) is -0.341. The summed E-state index contributed by atoms with van der Waals surface area (Å²) >= 11 is 0. The molecule has 5 nitrogen and oxygen atoms in total. The van der Waals surface area contributed by atoms with Crippen molar-refractivity contribution in [1.29, 1.82) is 0 Å². The van der Waals surface area contributed by atoms with E-state index in [1.54, 1.807) is 4.90 Å². The van der Waals surface area contributed by atoms with E-state index in [9.17, 15) is 9.59 Å². The monoisotopic (exact) mass is 286 g/mol. The molecule has 0 saturated carbocycles. The van der Waals surface area contributed by atoms with Crippen molar-refractivity contribution in [3.05, 3.63) is 0 Å². The highest BCUT2D eigenvalue weighted by Crippen LogP contribution is 2.13. The minimum absolute atomic E-state index is 0.0673. The SMILES string of the molecule is CCC(CC)C(C)NC(=O)N(CCCC(=O)O)C(C)C. The largest absolute Gasteiger partial charge is 0.481 e. The summed E-state index contributed by atoms with van der Waals surface area (Å²) in [6.07, 6.45) is 2.66. The van der Waals surface area contributed by atoms with Crippen molar-refractivity contribution >= 4 is 12.0 Å². The number of carbonyl (C=O) groups is 2. The van der Waals surface area contributed by atoms with Crippen LogP contribution in [0.3, 0.4) is 0 Å². The van der Waals surface area contributed by atoms with E-state index in [4.69, 9.17) is 5.11 Å². The Hall–Kier alpha value is -1.26. The van der Waals surface area contributed by atoms with Crippen LogP contribution >= 0.6 is 0 Å². The number of aliphatic carboxylic acids is 1. The van der Waals surface area contributed by atoms with E-state index in [0.717, 1.165) is 12.8 Å². The summed E-state index contributed by atoms with van der Waals surface area (Å²) in [6, 6.07) is 0.112. The van der Waals surface area contributed by atoms with Gasteiger partial charge < -0.3 is 15.3 Å². The number of rotatable bonds is 9. The molecule has 0 aliphatic rings. The molecule has 1 atom stereocenters. The van der Waals surface area contributed by atoms with Gasteiger partial charge in [-0.1, -0.05) is 26.7 Å². The molecule has 2 amide bonds. The summed E-state index contributed by atoms with van der Waals surface area (Å²) in [4.78, 5) is 24.5. The Morgan fingerprint density at radius 2 is 1.70 bits per heavy atom. The highest BCUT2D eigenvalue weighted by Gasteiger charge is 2.21. The molecule has 0 saturated heterocycles. The van der Waals surface area contributed by atoms with Crippen LogP contribution in [0, 0.1) is 5.92 Å². The van der Waals surface area contributed by atoms with Gasteiger partial charge in [0.1, 0.15) is 0 Å². The Morgan fingerprint density at radius 1 is 1.15 bits per heavy atom. The van der Waals surface area contributed by atoms with Gasteiger partial charge in [0.2, 0.25) is 0 Å². The van der Waals surface area contributed by atoms with Gasteiger partial charge in [-0.15, -0.1) is 0 Å². The minimum atomic E-state index is -0.820. The van der Waals surface area contributed by atoms with Crippen molar-refractivity contribution in [2.45, 2.75) is 72.4 Å². The summed E-state index contributed by atoms with van der Waals surface area (Å²) in [5.41, 5.74) is 0. The van der Waals surface area contributed by atoms with Crippen LogP contribution in [0.25, 0.3) is 0 Å². The second-order valence-corrected chi connectivity index (χ2v) is 5.60. The maximum atomic E-state index is 12.3. The number of hydrogen-bond donors (Lipinski definition) is 2. The lowest BCUT2D eigenvalue weighted by molar-refractivity contribution is -0.137. The molecule has 0 heterocycles. The molecule has 0 bridgehead atoms. The summed E-state index contributed by atoms with van der Waals surface area (Å²) in [6.45, 7) is 10.7. The molecule has 1 unspecified atom stereocenters. The van der Waals surface area contributed by atoms with Gasteiger partial charge in [-0.25, -0.2) is 4.79 Å². The predicted molar refractivity (Wildman–Crippen MR) is 80.8 cm³/mol. The highest BCUT2D eigenvalue weighted by molar-refractivity contribution is 5.75. The topological polar surface area (TPSA) is 69.6 Å². The minimum Gasteiger partial charge on any atom is -0.481 e. The molecule has 0 fully saturated rings. The van der Waals surface area contributed by atoms with Crippen molar-refractivity contribution in [1.82, 2.24) is 10.2 Å². The molecule has 0 radical (unpaired) electrons. The van der Waals surface area contributed by atoms with Crippen molar-refractivity contribution in [2.75, 3.05) is 6.54 Å². The molecular weight excluding hydrogens is 256 g/mol. The quantitative estimate of drug-likeness (QED) is 0.684. The van der Waals surface area contributed by atoms with E-state index < -0.39 is 5.97 Å². The maximum Gasteiger partial charge on any atom is 0.317 e. The van der Waals surface area contributed by atoms with E-state index >= 15 is 0 Å². The lowest BCUT2D eigenvalue weighted by Gasteiger charge is -2.30. The molecule has 20 heavy (non-hydrogen) atoms. The van der Waals surface area contributed by atoms with E-state index in [1.165, 1.54) is 0 Å². The third-order valence-electron chi connectivity index (χ3n) is 3.78. The van der Waals surface area contributed by atoms with Gasteiger partial charge in [0.15, 0.2) is 0 Å². The van der Waals surface area contributed by atoms with E-state index in [2.05, 4.69) is 19.2 Å². The fourth-order valence-corrected chi connectivity index (χ4v) is 2.39. The van der Waals surface area contributed by atoms with Gasteiger partial charge in [-0.3, -0.25) is 4.79 Å². The zero-order valence-electron chi connectivity index (χ0n) is 13.5. The standard InChI is InChI=1S/C15H30N2O3/c1-6-13(7-2)12(5)16-15(20)17(11(3)4)10-8-9-14(18)19/h11-13H,6-10H2,1-5H3,(H,16,20)(H,18,19). The van der Waals surface area contributed by atoms with Gasteiger partial charge in [0, 0.05) is 25.0 Å². The fourth-order valence-electron chi connectivity index (χ4n) is 2.39. The van der Waals surface area contributed by atoms with E-state index in [1.807, 2.05) is 20.8 Å². The molecule has 5 heteroatoms. The average Bonchev–Trinajstić information content (AvgIpc) is 2.35. The number of carboxylic acid groups (broad SMARTS) is 1. The van der Waals surface area contributed by atoms with Gasteiger partial charge >= 0.3 is 12.0 Å². The van der Waals surface area contributed by atoms with Crippen LogP contribution in [0.1, 0.15) is 60.3 Å². The smallest absolute Gasteiger partial charge is 0.317 e. The number of nitrogens with zero attached hydrogens (tertiary/aromatic N) is 1. The molecule has 0 aromatic carbocycles. The summed E-state index contributed by atoms with van der Waals surface area (Å²) in [7, 11) is 0. The third kappa shape index (κ3) is 6.78. The lowest BCUT2D eigenvalue weighted by Crippen LogP contribution is -2.49.